The number of halogens is 4. The lowest BCUT2D eigenvalue weighted by Gasteiger charge is -2.31. The Labute approximate surface area is 161 Å². The Kier molecular flexibility index (Phi) is 7.83. The van der Waals surface area contributed by atoms with Crippen LogP contribution in [-0.4, -0.2) is 36.5 Å². The minimum Gasteiger partial charge on any atom is -0.465 e. The van der Waals surface area contributed by atoms with Crippen molar-refractivity contribution in [2.45, 2.75) is 51.6 Å². The van der Waals surface area contributed by atoms with E-state index in [0.29, 0.717) is 37.6 Å². The number of alkyl halides is 3. The molecule has 1 saturated heterocycles. The van der Waals surface area contributed by atoms with Crippen LogP contribution in [0.3, 0.4) is 0 Å². The summed E-state index contributed by atoms with van der Waals surface area (Å²) in [4.78, 5) is 25.8. The monoisotopic (exact) mass is 403 g/mol. The normalized spacial score (nSPS) is 15.5. The highest BCUT2D eigenvalue weighted by molar-refractivity contribution is 5.96. The average molecular weight is 403 g/mol. The molecule has 1 aliphatic heterocycles. The van der Waals surface area contributed by atoms with Gasteiger partial charge in [-0.25, -0.2) is 4.39 Å². The predicted molar refractivity (Wildman–Crippen MR) is 95.1 cm³/mol. The van der Waals surface area contributed by atoms with Crippen molar-refractivity contribution >= 4 is 11.9 Å². The van der Waals surface area contributed by atoms with Gasteiger partial charge in [-0.05, 0) is 37.5 Å². The number of unbranched alkanes of at least 4 members (excludes halogenated alkanes) is 3. The minimum absolute atomic E-state index is 0.127. The number of hydrogen-bond donors (Lipinski definition) is 0. The number of likely N-dealkylation sites (tertiary alicyclic amines) is 1. The van der Waals surface area contributed by atoms with E-state index < -0.39 is 29.0 Å². The Balaban J connectivity index is 1.92. The maximum atomic E-state index is 13.4. The van der Waals surface area contributed by atoms with E-state index in [2.05, 4.69) is 6.92 Å². The van der Waals surface area contributed by atoms with Crippen molar-refractivity contribution in [3.8, 4) is 0 Å². The molecule has 8 heteroatoms. The van der Waals surface area contributed by atoms with Gasteiger partial charge in [0.25, 0.3) is 5.91 Å². The quantitative estimate of drug-likeness (QED) is 0.373. The molecule has 0 aliphatic carbocycles. The SMILES string of the molecule is CCCCCCOC(=O)C1CCN(C(=O)c2cc(F)ccc2C(F)(F)F)CC1. The van der Waals surface area contributed by atoms with Crippen LogP contribution in [0, 0.1) is 11.7 Å². The molecule has 0 atom stereocenters. The van der Waals surface area contributed by atoms with Crippen molar-refractivity contribution in [3.63, 3.8) is 0 Å². The van der Waals surface area contributed by atoms with Gasteiger partial charge in [0.2, 0.25) is 0 Å². The van der Waals surface area contributed by atoms with E-state index in [4.69, 9.17) is 4.74 Å². The third-order valence-electron chi connectivity index (χ3n) is 4.88. The van der Waals surface area contributed by atoms with Gasteiger partial charge in [-0.3, -0.25) is 9.59 Å². The van der Waals surface area contributed by atoms with Crippen LogP contribution in [0.1, 0.15) is 61.4 Å². The molecule has 0 saturated carbocycles. The first-order chi connectivity index (χ1) is 13.2. The van der Waals surface area contributed by atoms with Crippen LogP contribution in [0.25, 0.3) is 0 Å². The highest BCUT2D eigenvalue weighted by atomic mass is 19.4. The van der Waals surface area contributed by atoms with E-state index in [1.807, 2.05) is 0 Å². The third kappa shape index (κ3) is 5.94. The number of hydrogen-bond acceptors (Lipinski definition) is 3. The molecular weight excluding hydrogens is 378 g/mol. The van der Waals surface area contributed by atoms with Gasteiger partial charge in [-0.1, -0.05) is 26.2 Å². The van der Waals surface area contributed by atoms with Gasteiger partial charge in [0, 0.05) is 13.1 Å². The lowest BCUT2D eigenvalue weighted by atomic mass is 9.96. The fraction of sp³-hybridized carbons (Fsp3) is 0.600. The van der Waals surface area contributed by atoms with Crippen LogP contribution < -0.4 is 0 Å². The fourth-order valence-corrected chi connectivity index (χ4v) is 3.25. The lowest BCUT2D eigenvalue weighted by Crippen LogP contribution is -2.41. The van der Waals surface area contributed by atoms with Gasteiger partial charge < -0.3 is 9.64 Å². The molecule has 1 heterocycles. The van der Waals surface area contributed by atoms with Crippen molar-refractivity contribution in [3.05, 3.63) is 35.1 Å². The second kappa shape index (κ2) is 9.89. The molecule has 0 N–H and O–H groups in total. The first-order valence-electron chi connectivity index (χ1n) is 9.56. The molecule has 156 valence electrons. The first kappa shape index (κ1) is 22.2. The highest BCUT2D eigenvalue weighted by Crippen LogP contribution is 2.33. The third-order valence-corrected chi connectivity index (χ3v) is 4.88. The summed E-state index contributed by atoms with van der Waals surface area (Å²) in [6.07, 6.45) is -0.159. The van der Waals surface area contributed by atoms with E-state index in [1.165, 1.54) is 4.90 Å². The summed E-state index contributed by atoms with van der Waals surface area (Å²) in [6.45, 7) is 2.70. The van der Waals surface area contributed by atoms with Crippen LogP contribution >= 0.6 is 0 Å². The van der Waals surface area contributed by atoms with Gasteiger partial charge in [0.05, 0.1) is 23.7 Å². The van der Waals surface area contributed by atoms with E-state index in [0.717, 1.165) is 25.7 Å². The summed E-state index contributed by atoms with van der Waals surface area (Å²) in [7, 11) is 0. The topological polar surface area (TPSA) is 46.6 Å². The number of nitrogens with zero attached hydrogens (tertiary/aromatic N) is 1. The smallest absolute Gasteiger partial charge is 0.417 e. The maximum absolute atomic E-state index is 13.4. The number of carbonyl (C=O) groups is 2. The molecule has 0 radical (unpaired) electrons. The van der Waals surface area contributed by atoms with Crippen molar-refractivity contribution < 1.29 is 31.9 Å². The van der Waals surface area contributed by atoms with Crippen LogP contribution in [0.4, 0.5) is 17.6 Å². The van der Waals surface area contributed by atoms with Gasteiger partial charge in [-0.15, -0.1) is 0 Å². The summed E-state index contributed by atoms with van der Waals surface area (Å²) < 4.78 is 58.0. The summed E-state index contributed by atoms with van der Waals surface area (Å²) >= 11 is 0. The standard InChI is InChI=1S/C20H25F4NO3/c1-2-3-4-5-12-28-19(27)14-8-10-25(11-9-14)18(26)16-13-15(21)6-7-17(16)20(22,23)24/h6-7,13-14H,2-5,8-12H2,1H3. The Hall–Kier alpha value is -2.12. The molecule has 0 spiro atoms. The molecule has 28 heavy (non-hydrogen) atoms. The van der Waals surface area contributed by atoms with Crippen LogP contribution in [0.2, 0.25) is 0 Å². The molecule has 1 aromatic rings. The molecular formula is C20H25F4NO3. The average Bonchev–Trinajstić information content (AvgIpc) is 2.66. The molecule has 1 aliphatic rings. The summed E-state index contributed by atoms with van der Waals surface area (Å²) in [6, 6.07) is 1.87. The van der Waals surface area contributed by atoms with Crippen molar-refractivity contribution in [2.24, 2.45) is 5.92 Å². The second-order valence-electron chi connectivity index (χ2n) is 6.98. The molecule has 0 bridgehead atoms. The summed E-state index contributed by atoms with van der Waals surface area (Å²) in [5.41, 5.74) is -1.86. The lowest BCUT2D eigenvalue weighted by molar-refractivity contribution is -0.150. The minimum atomic E-state index is -4.75. The van der Waals surface area contributed by atoms with Gasteiger partial charge in [0.15, 0.2) is 0 Å². The van der Waals surface area contributed by atoms with Crippen molar-refractivity contribution in [1.82, 2.24) is 4.90 Å². The Morgan fingerprint density at radius 1 is 1.14 bits per heavy atom. The molecule has 0 unspecified atom stereocenters. The largest absolute Gasteiger partial charge is 0.465 e. The summed E-state index contributed by atoms with van der Waals surface area (Å²) in [5.74, 6) is -2.48. The predicted octanol–water partition coefficient (Wildman–Crippen LogP) is 4.82. The number of benzene rings is 1. The van der Waals surface area contributed by atoms with E-state index in [9.17, 15) is 27.2 Å². The van der Waals surface area contributed by atoms with E-state index in [1.54, 1.807) is 0 Å². The number of esters is 1. The first-order valence-corrected chi connectivity index (χ1v) is 9.56. The summed E-state index contributed by atoms with van der Waals surface area (Å²) in [5, 5.41) is 0. The molecule has 2 rings (SSSR count). The van der Waals surface area contributed by atoms with E-state index in [-0.39, 0.29) is 25.0 Å². The van der Waals surface area contributed by atoms with Crippen molar-refractivity contribution in [1.29, 1.82) is 0 Å². The zero-order valence-electron chi connectivity index (χ0n) is 15.9. The zero-order chi connectivity index (χ0) is 20.7. The van der Waals surface area contributed by atoms with Crippen molar-refractivity contribution in [2.75, 3.05) is 19.7 Å². The molecule has 4 nitrogen and oxygen atoms in total. The maximum Gasteiger partial charge on any atom is 0.417 e. The van der Waals surface area contributed by atoms with Crippen LogP contribution in [0.5, 0.6) is 0 Å². The van der Waals surface area contributed by atoms with E-state index >= 15 is 0 Å². The fourth-order valence-electron chi connectivity index (χ4n) is 3.25. The number of carbonyl (C=O) groups excluding carboxylic acids is 2. The zero-order valence-corrected chi connectivity index (χ0v) is 15.9. The number of amides is 1. The van der Waals surface area contributed by atoms with Crippen LogP contribution in [-0.2, 0) is 15.7 Å². The Morgan fingerprint density at radius 3 is 2.43 bits per heavy atom. The van der Waals surface area contributed by atoms with Gasteiger partial charge in [0.1, 0.15) is 5.82 Å². The number of ether oxygens (including phenoxy) is 1. The molecule has 1 aromatic carbocycles. The van der Waals surface area contributed by atoms with Gasteiger partial charge >= 0.3 is 12.1 Å². The highest BCUT2D eigenvalue weighted by Gasteiger charge is 2.37. The van der Waals surface area contributed by atoms with Crippen LogP contribution in [0.15, 0.2) is 18.2 Å². The molecule has 0 aromatic heterocycles. The second-order valence-corrected chi connectivity index (χ2v) is 6.98. The number of piperidine rings is 1. The molecule has 1 amide bonds. The Bertz CT molecular complexity index is 683. The Morgan fingerprint density at radius 2 is 1.82 bits per heavy atom. The van der Waals surface area contributed by atoms with Gasteiger partial charge in [-0.2, -0.15) is 13.2 Å². The number of rotatable bonds is 7. The molecule has 1 fully saturated rings.